The van der Waals surface area contributed by atoms with Crippen LogP contribution in [0.15, 0.2) is 119 Å². The van der Waals surface area contributed by atoms with Crippen LogP contribution in [0.3, 0.4) is 0 Å². The maximum absolute atomic E-state index is 15.2. The van der Waals surface area contributed by atoms with Crippen LogP contribution in [0.4, 0.5) is 0 Å². The summed E-state index contributed by atoms with van der Waals surface area (Å²) in [7, 11) is -3.49. The Kier molecular flexibility index (Phi) is 10.8. The predicted molar refractivity (Wildman–Crippen MR) is 208 cm³/mol. The molecule has 2 heterocycles. The van der Waals surface area contributed by atoms with Crippen LogP contribution in [0.25, 0.3) is 22.0 Å². The van der Waals surface area contributed by atoms with Crippen molar-refractivity contribution in [2.45, 2.75) is 43.7 Å². The van der Waals surface area contributed by atoms with E-state index >= 15 is 4.79 Å². The minimum atomic E-state index is -4.91. The second kappa shape index (κ2) is 15.5. The summed E-state index contributed by atoms with van der Waals surface area (Å²) in [5.41, 5.74) is 11.6. The number of nitrogens with two attached hydrogens (primary N) is 1. The molecular formula is C41H38N4O7S2. The number of para-hydroxylation sites is 1. The van der Waals surface area contributed by atoms with Crippen molar-refractivity contribution in [1.29, 1.82) is 0 Å². The van der Waals surface area contributed by atoms with E-state index in [0.717, 1.165) is 52.0 Å². The number of hydrogen-bond acceptors (Lipinski definition) is 7. The van der Waals surface area contributed by atoms with E-state index in [2.05, 4.69) is 4.98 Å². The molecule has 4 N–H and O–H groups in total. The minimum Gasteiger partial charge on any atom is -0.478 e. The molecule has 0 saturated carbocycles. The Labute approximate surface area is 316 Å². The van der Waals surface area contributed by atoms with Crippen molar-refractivity contribution in [3.05, 3.63) is 147 Å². The number of hydrogen-bond donors (Lipinski definition) is 3. The molecule has 54 heavy (non-hydrogen) atoms. The number of amides is 3. The largest absolute Gasteiger partial charge is 0.478 e. The minimum absolute atomic E-state index is 0.113. The lowest BCUT2D eigenvalue weighted by Crippen LogP contribution is -2.58. The zero-order valence-corrected chi connectivity index (χ0v) is 31.4. The molecule has 0 aliphatic heterocycles. The monoisotopic (exact) mass is 762 g/mol. The second-order valence-corrected chi connectivity index (χ2v) is 15.8. The van der Waals surface area contributed by atoms with Gasteiger partial charge >= 0.3 is 5.97 Å². The first-order chi connectivity index (χ1) is 25.7. The van der Waals surface area contributed by atoms with Crippen molar-refractivity contribution in [3.8, 4) is 11.1 Å². The fraction of sp³-hybridized carbons (Fsp3) is 0.171. The summed E-state index contributed by atoms with van der Waals surface area (Å²) in [5, 5.41) is 14.1. The Morgan fingerprint density at radius 1 is 0.815 bits per heavy atom. The maximum atomic E-state index is 15.2. The van der Waals surface area contributed by atoms with Crippen LogP contribution < -0.4 is 5.73 Å². The number of nitrogens with one attached hydrogen (secondary N) is 1. The summed E-state index contributed by atoms with van der Waals surface area (Å²) in [4.78, 5) is 58.3. The van der Waals surface area contributed by atoms with E-state index in [-0.39, 0.29) is 18.4 Å². The highest BCUT2D eigenvalue weighted by atomic mass is 32.2. The summed E-state index contributed by atoms with van der Waals surface area (Å²) in [5.74, 6) is -3.98. The second-order valence-electron chi connectivity index (χ2n) is 13.2. The molecule has 13 heteroatoms. The van der Waals surface area contributed by atoms with Gasteiger partial charge in [0.2, 0.25) is 5.91 Å². The van der Waals surface area contributed by atoms with Gasteiger partial charge in [-0.1, -0.05) is 59.7 Å². The number of aromatic amines is 1. The van der Waals surface area contributed by atoms with Gasteiger partial charge in [-0.15, -0.1) is 0 Å². The summed E-state index contributed by atoms with van der Waals surface area (Å²) in [6.07, 6.45) is 1.23. The third-order valence-electron chi connectivity index (χ3n) is 9.35. The van der Waals surface area contributed by atoms with Crippen molar-refractivity contribution in [2.75, 3.05) is 7.05 Å². The summed E-state index contributed by atoms with van der Waals surface area (Å²) in [6, 6.07) is 23.0. The number of carbonyl (C=O) groups is 4. The van der Waals surface area contributed by atoms with E-state index in [1.165, 1.54) is 11.9 Å². The number of primary amides is 1. The van der Waals surface area contributed by atoms with Gasteiger partial charge in [-0.2, -0.15) is 11.3 Å². The number of nitrogens with zero attached hydrogens (tertiary/aromatic N) is 2. The number of aromatic carboxylic acids is 1. The molecule has 0 radical (unpaired) electrons. The lowest BCUT2D eigenvalue weighted by atomic mass is 9.99. The Morgan fingerprint density at radius 3 is 2.09 bits per heavy atom. The van der Waals surface area contributed by atoms with Crippen molar-refractivity contribution < 1.29 is 32.7 Å². The lowest BCUT2D eigenvalue weighted by molar-refractivity contribution is -0.137. The number of carbonyl (C=O) groups excluding carboxylic acids is 3. The topological polar surface area (TPSA) is 171 Å². The Hall–Kier alpha value is -6.05. The molecule has 0 aliphatic carbocycles. The number of sulfonamides is 1. The van der Waals surface area contributed by atoms with Gasteiger partial charge in [-0.3, -0.25) is 14.4 Å². The molecule has 276 valence electrons. The maximum Gasteiger partial charge on any atom is 0.335 e. The first-order valence-corrected chi connectivity index (χ1v) is 19.4. The SMILES string of the molecule is Cc1cc(C)cc(C(=O)N(C)[C@@H](Cc2ccc(-c3ccsc3)cc2)C(=O)N([C@@H](Cc2c[nH]c3ccccc23)C(N)=O)S(=O)(=O)c2ccc(C(=O)O)cc2)c1. The number of thiophene rings is 1. The third kappa shape index (κ3) is 7.82. The molecule has 4 aromatic carbocycles. The summed E-state index contributed by atoms with van der Waals surface area (Å²) < 4.78 is 29.9. The number of fused-ring (bicyclic) bond motifs is 1. The molecule has 6 aromatic rings. The summed E-state index contributed by atoms with van der Waals surface area (Å²) in [6.45, 7) is 3.68. The summed E-state index contributed by atoms with van der Waals surface area (Å²) >= 11 is 1.55. The van der Waals surface area contributed by atoms with Crippen LogP contribution in [0.2, 0.25) is 0 Å². The molecule has 0 fully saturated rings. The highest BCUT2D eigenvalue weighted by Crippen LogP contribution is 2.29. The number of H-pyrrole nitrogens is 1. The van der Waals surface area contributed by atoms with Gasteiger partial charge in [-0.05, 0) is 95.4 Å². The highest BCUT2D eigenvalue weighted by Gasteiger charge is 2.44. The van der Waals surface area contributed by atoms with Crippen LogP contribution in [-0.2, 0) is 32.5 Å². The standard InChI is InChI=1S/C41H38N4O7S2/c1-25-18-26(2)20-31(19-25)39(47)44(3)37(21-27-8-10-28(11-9-27)30-16-17-53-24-30)40(48)45(54(51,52)33-14-12-29(13-15-33)41(49)50)36(38(42)46)22-32-23-43-35-7-5-4-6-34(32)35/h4-20,23-24,36-37,43H,21-22H2,1-3H3,(H2,42,46)(H,49,50)/t36-,37-/m0/s1. The quantitative estimate of drug-likeness (QED) is 0.126. The number of benzene rings is 4. The molecule has 0 bridgehead atoms. The molecule has 0 saturated heterocycles. The Balaban J connectivity index is 1.49. The number of carboxylic acid groups (broad SMARTS) is 1. The molecule has 0 unspecified atom stereocenters. The van der Waals surface area contributed by atoms with Gasteiger partial charge in [0.05, 0.1) is 10.5 Å². The number of likely N-dealkylation sites (N-methyl/N-ethyl adjacent to an activating group) is 1. The Morgan fingerprint density at radius 2 is 1.48 bits per heavy atom. The molecule has 3 amide bonds. The van der Waals surface area contributed by atoms with Gasteiger partial charge < -0.3 is 20.7 Å². The molecule has 2 aromatic heterocycles. The van der Waals surface area contributed by atoms with Crippen molar-refractivity contribution in [1.82, 2.24) is 14.2 Å². The first-order valence-electron chi connectivity index (χ1n) is 17.0. The van der Waals surface area contributed by atoms with Crippen LogP contribution in [0.5, 0.6) is 0 Å². The smallest absolute Gasteiger partial charge is 0.335 e. The average Bonchev–Trinajstić information content (AvgIpc) is 3.84. The molecule has 11 nitrogen and oxygen atoms in total. The Bertz CT molecular complexity index is 2440. The van der Waals surface area contributed by atoms with Crippen molar-refractivity contribution >= 4 is 56.0 Å². The van der Waals surface area contributed by atoms with Crippen molar-refractivity contribution in [3.63, 3.8) is 0 Å². The average molecular weight is 763 g/mol. The fourth-order valence-electron chi connectivity index (χ4n) is 6.60. The molecule has 2 atom stereocenters. The predicted octanol–water partition coefficient (Wildman–Crippen LogP) is 6.21. The van der Waals surface area contributed by atoms with Crippen LogP contribution >= 0.6 is 11.3 Å². The van der Waals surface area contributed by atoms with E-state index in [1.54, 1.807) is 41.8 Å². The molecule has 0 spiro atoms. The van der Waals surface area contributed by atoms with Crippen molar-refractivity contribution in [2.24, 2.45) is 5.73 Å². The van der Waals surface area contributed by atoms with E-state index in [1.807, 2.05) is 73.1 Å². The number of carboxylic acids is 1. The van der Waals surface area contributed by atoms with E-state index in [9.17, 15) is 27.9 Å². The highest BCUT2D eigenvalue weighted by molar-refractivity contribution is 7.89. The first kappa shape index (κ1) is 37.7. The van der Waals surface area contributed by atoms with Gasteiger partial charge in [-0.25, -0.2) is 17.5 Å². The van der Waals surface area contributed by atoms with E-state index in [4.69, 9.17) is 5.73 Å². The van der Waals surface area contributed by atoms with Gasteiger partial charge in [0.15, 0.2) is 0 Å². The number of aryl methyl sites for hydroxylation is 2. The lowest BCUT2D eigenvalue weighted by Gasteiger charge is -2.35. The molecule has 6 rings (SSSR count). The van der Waals surface area contributed by atoms with E-state index < -0.39 is 50.7 Å². The normalized spacial score (nSPS) is 12.6. The number of rotatable bonds is 13. The fourth-order valence-corrected chi connectivity index (χ4v) is 8.84. The molecule has 0 aliphatic rings. The zero-order chi connectivity index (χ0) is 38.7. The number of aromatic nitrogens is 1. The zero-order valence-electron chi connectivity index (χ0n) is 29.7. The van der Waals surface area contributed by atoms with Crippen LogP contribution in [-0.4, -0.2) is 70.5 Å². The van der Waals surface area contributed by atoms with Crippen LogP contribution in [0, 0.1) is 13.8 Å². The van der Waals surface area contributed by atoms with Gasteiger partial charge in [0.25, 0.3) is 21.8 Å². The molecular weight excluding hydrogens is 725 g/mol. The van der Waals surface area contributed by atoms with E-state index in [0.29, 0.717) is 26.4 Å². The van der Waals surface area contributed by atoms with Crippen LogP contribution in [0.1, 0.15) is 43.0 Å². The van der Waals surface area contributed by atoms with Gasteiger partial charge in [0, 0.05) is 42.6 Å². The third-order valence-corrected chi connectivity index (χ3v) is 11.9. The van der Waals surface area contributed by atoms with Gasteiger partial charge in [0.1, 0.15) is 12.1 Å².